The van der Waals surface area contributed by atoms with Gasteiger partial charge in [-0.2, -0.15) is 5.10 Å². The van der Waals surface area contributed by atoms with Crippen molar-refractivity contribution in [2.45, 2.75) is 26.8 Å². The van der Waals surface area contributed by atoms with Gasteiger partial charge in [0.1, 0.15) is 5.02 Å². The summed E-state index contributed by atoms with van der Waals surface area (Å²) in [7, 11) is 0. The van der Waals surface area contributed by atoms with Crippen LogP contribution in [0.3, 0.4) is 0 Å². The van der Waals surface area contributed by atoms with Crippen molar-refractivity contribution in [2.24, 2.45) is 0 Å². The topological polar surface area (TPSA) is 56.1 Å². The van der Waals surface area contributed by atoms with Crippen LogP contribution in [0.2, 0.25) is 5.02 Å². The third kappa shape index (κ3) is 3.71. The van der Waals surface area contributed by atoms with Gasteiger partial charge in [-0.15, -0.1) is 0 Å². The molecule has 5 nitrogen and oxygen atoms in total. The average Bonchev–Trinajstić information content (AvgIpc) is 2.29. The second kappa shape index (κ2) is 6.61. The molecule has 1 heterocycles. The molecule has 0 unspecified atom stereocenters. The number of anilines is 1. The predicted molar refractivity (Wildman–Crippen MR) is 68.9 cm³/mol. The van der Waals surface area contributed by atoms with Crippen LogP contribution in [0.25, 0.3) is 0 Å². The molecule has 96 valence electrons. The Morgan fingerprint density at radius 3 is 2.88 bits per heavy atom. The van der Waals surface area contributed by atoms with Crippen LogP contribution in [0.5, 0.6) is 0 Å². The van der Waals surface area contributed by atoms with Crippen molar-refractivity contribution in [1.29, 1.82) is 0 Å². The second-order valence-electron chi connectivity index (χ2n) is 3.84. The Kier molecular flexibility index (Phi) is 5.44. The largest absolute Gasteiger partial charge is 0.380 e. The standard InChI is InChI=1S/C11H18ClN3O2/c1-4-17-6-5-13-9-7-14-15(8(2)3)11(16)10(9)12/h7-8,13H,4-6H2,1-3H3. The van der Waals surface area contributed by atoms with E-state index in [1.807, 2.05) is 20.8 Å². The van der Waals surface area contributed by atoms with Gasteiger partial charge < -0.3 is 10.1 Å². The number of halogens is 1. The van der Waals surface area contributed by atoms with Crippen molar-refractivity contribution in [3.63, 3.8) is 0 Å². The molecule has 0 aliphatic heterocycles. The van der Waals surface area contributed by atoms with E-state index in [-0.39, 0.29) is 16.6 Å². The first-order valence-electron chi connectivity index (χ1n) is 5.66. The maximum Gasteiger partial charge on any atom is 0.287 e. The number of ether oxygens (including phenoxy) is 1. The van der Waals surface area contributed by atoms with Gasteiger partial charge in [0, 0.05) is 13.2 Å². The third-order valence-electron chi connectivity index (χ3n) is 2.20. The van der Waals surface area contributed by atoms with E-state index in [2.05, 4.69) is 10.4 Å². The molecule has 1 aromatic rings. The molecule has 1 aromatic heterocycles. The smallest absolute Gasteiger partial charge is 0.287 e. The van der Waals surface area contributed by atoms with Gasteiger partial charge in [-0.25, -0.2) is 4.68 Å². The monoisotopic (exact) mass is 259 g/mol. The molecule has 0 bridgehead atoms. The molecule has 0 spiro atoms. The van der Waals surface area contributed by atoms with Gasteiger partial charge in [0.15, 0.2) is 0 Å². The highest BCUT2D eigenvalue weighted by Crippen LogP contribution is 2.15. The van der Waals surface area contributed by atoms with Gasteiger partial charge in [-0.05, 0) is 20.8 Å². The first-order chi connectivity index (χ1) is 8.07. The zero-order valence-electron chi connectivity index (χ0n) is 10.4. The van der Waals surface area contributed by atoms with Gasteiger partial charge in [0.25, 0.3) is 5.56 Å². The van der Waals surface area contributed by atoms with Gasteiger partial charge in [0.2, 0.25) is 0 Å². The quantitative estimate of drug-likeness (QED) is 0.793. The Hall–Kier alpha value is -1.07. The molecule has 0 aliphatic rings. The maximum absolute atomic E-state index is 11.8. The fourth-order valence-electron chi connectivity index (χ4n) is 1.34. The fourth-order valence-corrected chi connectivity index (χ4v) is 1.54. The maximum atomic E-state index is 11.8. The minimum atomic E-state index is -0.275. The van der Waals surface area contributed by atoms with Gasteiger partial charge >= 0.3 is 0 Å². The molecule has 1 rings (SSSR count). The summed E-state index contributed by atoms with van der Waals surface area (Å²) in [5, 5.41) is 7.25. The summed E-state index contributed by atoms with van der Waals surface area (Å²) in [6.07, 6.45) is 1.57. The van der Waals surface area contributed by atoms with Crippen LogP contribution < -0.4 is 10.9 Å². The van der Waals surface area contributed by atoms with Crippen molar-refractivity contribution in [1.82, 2.24) is 9.78 Å². The summed E-state index contributed by atoms with van der Waals surface area (Å²) in [5.74, 6) is 0. The zero-order chi connectivity index (χ0) is 12.8. The van der Waals surface area contributed by atoms with E-state index in [0.29, 0.717) is 25.4 Å². The molecule has 17 heavy (non-hydrogen) atoms. The summed E-state index contributed by atoms with van der Waals surface area (Å²) >= 11 is 5.98. The summed E-state index contributed by atoms with van der Waals surface area (Å²) in [5.41, 5.74) is 0.274. The normalized spacial score (nSPS) is 10.9. The Bertz CT molecular complexity index is 418. The van der Waals surface area contributed by atoms with E-state index in [1.54, 1.807) is 6.20 Å². The number of nitrogens with zero attached hydrogens (tertiary/aromatic N) is 2. The SMILES string of the molecule is CCOCCNc1cnn(C(C)C)c(=O)c1Cl. The first kappa shape index (κ1) is 14.0. The lowest BCUT2D eigenvalue weighted by molar-refractivity contribution is 0.158. The first-order valence-corrected chi connectivity index (χ1v) is 6.04. The Morgan fingerprint density at radius 2 is 2.29 bits per heavy atom. The molecule has 0 atom stereocenters. The highest BCUT2D eigenvalue weighted by atomic mass is 35.5. The van der Waals surface area contributed by atoms with Crippen LogP contribution in [0.4, 0.5) is 5.69 Å². The predicted octanol–water partition coefficient (Wildman–Crippen LogP) is 1.93. The van der Waals surface area contributed by atoms with E-state index < -0.39 is 0 Å². The van der Waals surface area contributed by atoms with Gasteiger partial charge in [-0.1, -0.05) is 11.6 Å². The average molecular weight is 260 g/mol. The lowest BCUT2D eigenvalue weighted by atomic mass is 10.4. The molecule has 1 N–H and O–H groups in total. The summed E-state index contributed by atoms with van der Waals surface area (Å²) in [6.45, 7) is 7.53. The molecular formula is C11H18ClN3O2. The van der Waals surface area contributed by atoms with E-state index >= 15 is 0 Å². The molecule has 0 radical (unpaired) electrons. The number of rotatable bonds is 6. The van der Waals surface area contributed by atoms with Crippen LogP contribution in [0.1, 0.15) is 26.8 Å². The molecule has 6 heteroatoms. The lowest BCUT2D eigenvalue weighted by Crippen LogP contribution is -2.26. The minimum Gasteiger partial charge on any atom is -0.380 e. The molecule has 0 aromatic carbocycles. The van der Waals surface area contributed by atoms with E-state index in [1.165, 1.54) is 4.68 Å². The van der Waals surface area contributed by atoms with Crippen LogP contribution in [0.15, 0.2) is 11.0 Å². The van der Waals surface area contributed by atoms with Crippen molar-refractivity contribution in [2.75, 3.05) is 25.1 Å². The summed E-state index contributed by atoms with van der Waals surface area (Å²) < 4.78 is 6.54. The lowest BCUT2D eigenvalue weighted by Gasteiger charge is -2.12. The van der Waals surface area contributed by atoms with E-state index in [9.17, 15) is 4.79 Å². The highest BCUT2D eigenvalue weighted by Gasteiger charge is 2.10. The molecule has 0 saturated heterocycles. The number of aromatic nitrogens is 2. The van der Waals surface area contributed by atoms with Crippen LogP contribution in [-0.2, 0) is 4.74 Å². The van der Waals surface area contributed by atoms with E-state index in [0.717, 1.165) is 0 Å². The van der Waals surface area contributed by atoms with Crippen molar-refractivity contribution in [3.8, 4) is 0 Å². The number of hydrogen-bond donors (Lipinski definition) is 1. The molecular weight excluding hydrogens is 242 g/mol. The van der Waals surface area contributed by atoms with Crippen LogP contribution >= 0.6 is 11.6 Å². The molecule has 0 saturated carbocycles. The minimum absolute atomic E-state index is 0.00234. The Labute approximate surface area is 106 Å². The molecule has 0 fully saturated rings. The third-order valence-corrected chi connectivity index (χ3v) is 2.56. The zero-order valence-corrected chi connectivity index (χ0v) is 11.1. The summed E-state index contributed by atoms with van der Waals surface area (Å²) in [6, 6.07) is -0.00234. The van der Waals surface area contributed by atoms with Crippen LogP contribution in [-0.4, -0.2) is 29.5 Å². The molecule has 0 aliphatic carbocycles. The number of hydrogen-bond acceptors (Lipinski definition) is 4. The van der Waals surface area contributed by atoms with E-state index in [4.69, 9.17) is 16.3 Å². The van der Waals surface area contributed by atoms with Gasteiger partial charge in [-0.3, -0.25) is 4.79 Å². The van der Waals surface area contributed by atoms with Crippen LogP contribution in [0, 0.1) is 0 Å². The number of nitrogens with one attached hydrogen (secondary N) is 1. The molecule has 0 amide bonds. The Morgan fingerprint density at radius 1 is 1.59 bits per heavy atom. The highest BCUT2D eigenvalue weighted by molar-refractivity contribution is 6.32. The second-order valence-corrected chi connectivity index (χ2v) is 4.22. The van der Waals surface area contributed by atoms with Crippen molar-refractivity contribution >= 4 is 17.3 Å². The van der Waals surface area contributed by atoms with Gasteiger partial charge in [0.05, 0.1) is 24.5 Å². The fraction of sp³-hybridized carbons (Fsp3) is 0.636. The Balaban J connectivity index is 2.75. The van der Waals surface area contributed by atoms with Crippen molar-refractivity contribution < 1.29 is 4.74 Å². The summed E-state index contributed by atoms with van der Waals surface area (Å²) in [4.78, 5) is 11.8. The van der Waals surface area contributed by atoms with Crippen molar-refractivity contribution in [3.05, 3.63) is 21.6 Å².